The van der Waals surface area contributed by atoms with Crippen molar-refractivity contribution in [3.05, 3.63) is 24.3 Å². The molecule has 9 nitrogen and oxygen atoms in total. The zero-order valence-corrected chi connectivity index (χ0v) is 45.8. The number of allylic oxidation sites excluding steroid dienone is 4. The summed E-state index contributed by atoms with van der Waals surface area (Å²) in [6.45, 7) is 4.44. The van der Waals surface area contributed by atoms with Crippen LogP contribution in [0.3, 0.4) is 0 Å². The van der Waals surface area contributed by atoms with Crippen molar-refractivity contribution >= 4 is 19.8 Å². The highest BCUT2D eigenvalue weighted by Gasteiger charge is 2.27. The molecule has 67 heavy (non-hydrogen) atoms. The van der Waals surface area contributed by atoms with E-state index in [0.717, 1.165) is 57.8 Å². The Hall–Kier alpha value is -1.51. The van der Waals surface area contributed by atoms with E-state index in [2.05, 4.69) is 38.2 Å². The second-order valence-corrected chi connectivity index (χ2v) is 22.1. The minimum Gasteiger partial charge on any atom is -0.462 e. The lowest BCUT2D eigenvalue weighted by atomic mass is 10.0. The molecule has 2 unspecified atom stereocenters. The Balaban J connectivity index is 4.08. The number of quaternary nitrogens is 1. The molecule has 0 fully saturated rings. The molecule has 10 heteroatoms. The van der Waals surface area contributed by atoms with Gasteiger partial charge in [0, 0.05) is 12.8 Å². The first kappa shape index (κ1) is 65.5. The summed E-state index contributed by atoms with van der Waals surface area (Å²) >= 11 is 0. The van der Waals surface area contributed by atoms with Crippen LogP contribution in [0.15, 0.2) is 24.3 Å². The van der Waals surface area contributed by atoms with E-state index in [1.54, 1.807) is 0 Å². The Labute approximate surface area is 415 Å². The summed E-state index contributed by atoms with van der Waals surface area (Å²) in [5, 5.41) is 0. The van der Waals surface area contributed by atoms with Gasteiger partial charge < -0.3 is 18.9 Å². The van der Waals surface area contributed by atoms with E-state index < -0.39 is 26.5 Å². The van der Waals surface area contributed by atoms with Crippen molar-refractivity contribution in [3.8, 4) is 0 Å². The van der Waals surface area contributed by atoms with Gasteiger partial charge in [0.25, 0.3) is 0 Å². The highest BCUT2D eigenvalue weighted by atomic mass is 31.2. The number of phosphoric acid groups is 1. The van der Waals surface area contributed by atoms with Crippen LogP contribution in [0.5, 0.6) is 0 Å². The molecular weight excluding hydrogens is 858 g/mol. The van der Waals surface area contributed by atoms with Gasteiger partial charge >= 0.3 is 19.8 Å². The monoisotopic (exact) mass is 969 g/mol. The Morgan fingerprint density at radius 2 is 0.806 bits per heavy atom. The van der Waals surface area contributed by atoms with Gasteiger partial charge in [-0.2, -0.15) is 0 Å². The number of rotatable bonds is 53. The number of unbranched alkanes of at least 4 members (excludes halogenated alkanes) is 35. The summed E-state index contributed by atoms with van der Waals surface area (Å²) in [5.74, 6) is -0.800. The maximum absolute atomic E-state index is 12.8. The zero-order valence-electron chi connectivity index (χ0n) is 44.9. The second kappa shape index (κ2) is 49.5. The minimum absolute atomic E-state index is 0.0310. The minimum atomic E-state index is -4.38. The second-order valence-electron chi connectivity index (χ2n) is 20.7. The molecule has 0 aromatic heterocycles. The van der Waals surface area contributed by atoms with Gasteiger partial charge in [-0.15, -0.1) is 0 Å². The molecule has 0 saturated heterocycles. The van der Waals surface area contributed by atoms with Crippen LogP contribution in [-0.2, 0) is 32.7 Å². The predicted octanol–water partition coefficient (Wildman–Crippen LogP) is 17.4. The van der Waals surface area contributed by atoms with E-state index in [4.69, 9.17) is 18.5 Å². The van der Waals surface area contributed by atoms with Crippen LogP contribution >= 0.6 is 7.82 Å². The summed E-state index contributed by atoms with van der Waals surface area (Å²) in [4.78, 5) is 35.6. The first-order valence-electron chi connectivity index (χ1n) is 28.6. The third-order valence-corrected chi connectivity index (χ3v) is 13.7. The summed E-state index contributed by atoms with van der Waals surface area (Å²) in [6, 6.07) is 0. The molecule has 0 aliphatic carbocycles. The Bertz CT molecular complexity index is 1190. The van der Waals surface area contributed by atoms with Crippen molar-refractivity contribution in [1.29, 1.82) is 0 Å². The Morgan fingerprint density at radius 3 is 1.19 bits per heavy atom. The number of phosphoric ester groups is 1. The summed E-state index contributed by atoms with van der Waals surface area (Å²) < 4.78 is 34.5. The average molecular weight is 969 g/mol. The molecule has 0 aromatic carbocycles. The van der Waals surface area contributed by atoms with Gasteiger partial charge in [0.05, 0.1) is 27.7 Å². The van der Waals surface area contributed by atoms with E-state index in [9.17, 15) is 19.0 Å². The van der Waals surface area contributed by atoms with Crippen LogP contribution in [0.4, 0.5) is 0 Å². The number of carbonyl (C=O) groups is 2. The molecule has 2 atom stereocenters. The molecule has 1 N–H and O–H groups in total. The van der Waals surface area contributed by atoms with Crippen LogP contribution in [0.2, 0.25) is 0 Å². The van der Waals surface area contributed by atoms with E-state index in [0.29, 0.717) is 23.9 Å². The highest BCUT2D eigenvalue weighted by molar-refractivity contribution is 7.47. The molecule has 0 bridgehead atoms. The lowest BCUT2D eigenvalue weighted by Gasteiger charge is -2.24. The zero-order chi connectivity index (χ0) is 49.2. The van der Waals surface area contributed by atoms with E-state index in [1.807, 2.05) is 21.1 Å². The third kappa shape index (κ3) is 53.7. The topological polar surface area (TPSA) is 108 Å². The largest absolute Gasteiger partial charge is 0.472 e. The molecule has 0 aliphatic heterocycles. The van der Waals surface area contributed by atoms with Gasteiger partial charge in [-0.3, -0.25) is 18.6 Å². The highest BCUT2D eigenvalue weighted by Crippen LogP contribution is 2.43. The summed E-state index contributed by atoms with van der Waals surface area (Å²) in [5.41, 5.74) is 0. The first-order chi connectivity index (χ1) is 32.5. The molecule has 0 aliphatic rings. The number of likely N-dealkylation sites (N-methyl/N-ethyl adjacent to an activating group) is 1. The predicted molar refractivity (Wildman–Crippen MR) is 284 cm³/mol. The Kier molecular flexibility index (Phi) is 48.4. The van der Waals surface area contributed by atoms with Crippen LogP contribution in [0.25, 0.3) is 0 Å². The van der Waals surface area contributed by atoms with Crippen molar-refractivity contribution in [1.82, 2.24) is 0 Å². The van der Waals surface area contributed by atoms with Gasteiger partial charge in [-0.05, 0) is 44.9 Å². The quantitative estimate of drug-likeness (QED) is 0.0211. The number of nitrogens with zero attached hydrogens (tertiary/aromatic N) is 1. The molecule has 0 spiro atoms. The first-order valence-corrected chi connectivity index (χ1v) is 30.1. The standard InChI is InChI=1S/C57H110NO8P/c1-6-8-10-12-14-16-18-20-22-24-25-26-27-28-29-30-31-32-33-34-36-37-39-41-43-45-47-49-56(59)63-53-55(54-65-67(61,62)64-52-51-58(3,4)5)66-57(60)50-48-46-44-42-40-38-35-23-21-19-17-15-13-11-9-7-2/h17,19,23,35,55H,6-16,18,20-22,24-34,36-54H2,1-5H3/p+1/b19-17-,35-23-. The molecule has 0 radical (unpaired) electrons. The number of hydrogen-bond donors (Lipinski definition) is 1. The van der Waals surface area contributed by atoms with Crippen molar-refractivity contribution in [3.63, 3.8) is 0 Å². The van der Waals surface area contributed by atoms with Crippen LogP contribution in [0.1, 0.15) is 277 Å². The maximum Gasteiger partial charge on any atom is 0.472 e. The van der Waals surface area contributed by atoms with Gasteiger partial charge in [0.2, 0.25) is 0 Å². The summed E-state index contributed by atoms with van der Waals surface area (Å²) in [7, 11) is 1.48. The van der Waals surface area contributed by atoms with E-state index in [1.165, 1.54) is 186 Å². The van der Waals surface area contributed by atoms with Crippen molar-refractivity contribution < 1.29 is 42.1 Å². The van der Waals surface area contributed by atoms with Crippen LogP contribution < -0.4 is 0 Å². The molecule has 396 valence electrons. The lowest BCUT2D eigenvalue weighted by molar-refractivity contribution is -0.870. The molecule has 0 saturated carbocycles. The fourth-order valence-corrected chi connectivity index (χ4v) is 9.02. The van der Waals surface area contributed by atoms with Gasteiger partial charge in [0.15, 0.2) is 6.10 Å². The van der Waals surface area contributed by atoms with Crippen LogP contribution in [-0.4, -0.2) is 74.9 Å². The smallest absolute Gasteiger partial charge is 0.462 e. The number of ether oxygens (including phenoxy) is 2. The van der Waals surface area contributed by atoms with Gasteiger partial charge in [-0.25, -0.2) is 4.57 Å². The molecule has 0 aromatic rings. The van der Waals surface area contributed by atoms with Crippen molar-refractivity contribution in [2.75, 3.05) is 47.5 Å². The number of hydrogen-bond acceptors (Lipinski definition) is 7. The third-order valence-electron chi connectivity index (χ3n) is 12.7. The SMILES string of the molecule is CCCCCC/C=C\C/C=C\CCCCCCCC(=O)OC(COC(=O)CCCCCCCCCCCCCCCCCCCCCCCCCCCCC)COP(=O)(O)OCC[N+](C)(C)C. The maximum atomic E-state index is 12.8. The molecule has 0 amide bonds. The molecular formula is C57H111NO8P+. The number of esters is 2. The average Bonchev–Trinajstić information content (AvgIpc) is 3.29. The fourth-order valence-electron chi connectivity index (χ4n) is 8.28. The van der Waals surface area contributed by atoms with Crippen molar-refractivity contribution in [2.45, 2.75) is 283 Å². The van der Waals surface area contributed by atoms with E-state index >= 15 is 0 Å². The van der Waals surface area contributed by atoms with Gasteiger partial charge in [0.1, 0.15) is 19.8 Å². The normalized spacial score (nSPS) is 13.5. The van der Waals surface area contributed by atoms with Crippen molar-refractivity contribution in [2.24, 2.45) is 0 Å². The van der Waals surface area contributed by atoms with Gasteiger partial charge in [-0.1, -0.05) is 244 Å². The Morgan fingerprint density at radius 1 is 0.463 bits per heavy atom. The number of carbonyl (C=O) groups excluding carboxylic acids is 2. The lowest BCUT2D eigenvalue weighted by Crippen LogP contribution is -2.37. The van der Waals surface area contributed by atoms with E-state index in [-0.39, 0.29) is 25.6 Å². The summed E-state index contributed by atoms with van der Waals surface area (Å²) in [6.07, 6.45) is 58.2. The molecule has 0 heterocycles. The fraction of sp³-hybridized carbons (Fsp3) is 0.895. The van der Waals surface area contributed by atoms with Crippen LogP contribution in [0, 0.1) is 0 Å². The molecule has 0 rings (SSSR count).